The molecule has 3 rings (SSSR count). The van der Waals surface area contributed by atoms with E-state index in [1.165, 1.54) is 0 Å². The molecule has 96 valence electrons. The maximum Gasteiger partial charge on any atom is 0.106 e. The van der Waals surface area contributed by atoms with Crippen LogP contribution >= 0.6 is 0 Å². The molecule has 2 N–H and O–H groups in total. The molecule has 1 aromatic carbocycles. The quantitative estimate of drug-likeness (QED) is 0.734. The Labute approximate surface area is 109 Å². The van der Waals surface area contributed by atoms with E-state index in [4.69, 9.17) is 5.73 Å². The molecule has 0 bridgehead atoms. The van der Waals surface area contributed by atoms with Gasteiger partial charge in [0.15, 0.2) is 0 Å². The zero-order valence-electron chi connectivity index (χ0n) is 10.4. The van der Waals surface area contributed by atoms with Crippen LogP contribution in [0.4, 0.5) is 0 Å². The molecule has 0 aliphatic carbocycles. The van der Waals surface area contributed by atoms with Gasteiger partial charge in [0.2, 0.25) is 0 Å². The van der Waals surface area contributed by atoms with Crippen molar-refractivity contribution in [3.05, 3.63) is 54.1 Å². The molecule has 1 unspecified atom stereocenters. The molecule has 0 aliphatic heterocycles. The van der Waals surface area contributed by atoms with Crippen molar-refractivity contribution in [2.45, 2.75) is 6.04 Å². The second-order valence-electron chi connectivity index (χ2n) is 4.15. The standard InChI is InChI=1S/C12H13N7/c1-18-11(8-14-17-18)12(13)10-7-15-19(16-10)9-5-3-2-4-6-9/h2-8,12H,13H2,1H3. The number of benzene rings is 1. The largest absolute Gasteiger partial charge is 0.318 e. The molecule has 0 saturated carbocycles. The first-order valence-corrected chi connectivity index (χ1v) is 5.83. The lowest BCUT2D eigenvalue weighted by Crippen LogP contribution is -2.16. The van der Waals surface area contributed by atoms with Gasteiger partial charge in [0, 0.05) is 7.05 Å². The van der Waals surface area contributed by atoms with Crippen LogP contribution in [0.3, 0.4) is 0 Å². The summed E-state index contributed by atoms with van der Waals surface area (Å²) in [5.41, 5.74) is 8.50. The van der Waals surface area contributed by atoms with Crippen LogP contribution in [0.15, 0.2) is 42.7 Å². The second kappa shape index (κ2) is 4.62. The predicted molar refractivity (Wildman–Crippen MR) is 68.4 cm³/mol. The third-order valence-electron chi connectivity index (χ3n) is 2.88. The second-order valence-corrected chi connectivity index (χ2v) is 4.15. The molecule has 0 spiro atoms. The van der Waals surface area contributed by atoms with Gasteiger partial charge in [-0.1, -0.05) is 23.4 Å². The number of rotatable bonds is 3. The molecule has 7 heteroatoms. The molecule has 3 aromatic rings. The number of aromatic nitrogens is 6. The summed E-state index contributed by atoms with van der Waals surface area (Å²) < 4.78 is 1.63. The SMILES string of the molecule is Cn1nncc1C(N)c1cnn(-c2ccccc2)n1. The molecule has 0 aliphatic rings. The van der Waals surface area contributed by atoms with Gasteiger partial charge in [-0.3, -0.25) is 4.68 Å². The lowest BCUT2D eigenvalue weighted by molar-refractivity contribution is 0.637. The number of nitrogens with two attached hydrogens (primary N) is 1. The van der Waals surface area contributed by atoms with Crippen molar-refractivity contribution in [1.29, 1.82) is 0 Å². The maximum absolute atomic E-state index is 6.14. The van der Waals surface area contributed by atoms with Crippen LogP contribution in [-0.2, 0) is 7.05 Å². The Balaban J connectivity index is 1.92. The van der Waals surface area contributed by atoms with E-state index >= 15 is 0 Å². The molecule has 19 heavy (non-hydrogen) atoms. The highest BCUT2D eigenvalue weighted by molar-refractivity contribution is 5.29. The van der Waals surface area contributed by atoms with Crippen LogP contribution in [0.2, 0.25) is 0 Å². The van der Waals surface area contributed by atoms with Crippen LogP contribution in [-0.4, -0.2) is 30.0 Å². The molecule has 0 amide bonds. The summed E-state index contributed by atoms with van der Waals surface area (Å²) in [6.07, 6.45) is 3.29. The topological polar surface area (TPSA) is 87.4 Å². The summed E-state index contributed by atoms with van der Waals surface area (Å²) in [6.45, 7) is 0. The third kappa shape index (κ3) is 2.11. The van der Waals surface area contributed by atoms with E-state index in [-0.39, 0.29) is 0 Å². The fraction of sp³-hybridized carbons (Fsp3) is 0.167. The summed E-state index contributed by atoms with van der Waals surface area (Å²) in [7, 11) is 1.80. The molecule has 2 aromatic heterocycles. The minimum absolute atomic E-state index is 0.391. The van der Waals surface area contributed by atoms with Gasteiger partial charge in [0.25, 0.3) is 0 Å². The first-order valence-electron chi connectivity index (χ1n) is 5.83. The van der Waals surface area contributed by atoms with Crippen molar-refractivity contribution in [1.82, 2.24) is 30.0 Å². The van der Waals surface area contributed by atoms with E-state index in [1.807, 2.05) is 30.3 Å². The zero-order valence-corrected chi connectivity index (χ0v) is 10.4. The Bertz CT molecular complexity index is 670. The van der Waals surface area contributed by atoms with E-state index in [2.05, 4.69) is 20.5 Å². The van der Waals surface area contributed by atoms with Crippen molar-refractivity contribution in [2.24, 2.45) is 12.8 Å². The van der Waals surface area contributed by atoms with E-state index in [0.717, 1.165) is 11.4 Å². The summed E-state index contributed by atoms with van der Waals surface area (Å²) in [4.78, 5) is 1.55. The summed E-state index contributed by atoms with van der Waals surface area (Å²) in [5, 5.41) is 16.3. The Kier molecular flexibility index (Phi) is 2.81. The van der Waals surface area contributed by atoms with Crippen molar-refractivity contribution in [3.63, 3.8) is 0 Å². The van der Waals surface area contributed by atoms with Gasteiger partial charge in [0.1, 0.15) is 5.69 Å². The van der Waals surface area contributed by atoms with Gasteiger partial charge < -0.3 is 5.73 Å². The first-order chi connectivity index (χ1) is 9.25. The predicted octanol–water partition coefficient (Wildman–Crippen LogP) is 0.444. The maximum atomic E-state index is 6.14. The summed E-state index contributed by atoms with van der Waals surface area (Å²) in [5.74, 6) is 0. The van der Waals surface area contributed by atoms with Gasteiger partial charge in [-0.15, -0.1) is 5.10 Å². The average Bonchev–Trinajstić information content (AvgIpc) is 3.08. The van der Waals surface area contributed by atoms with Crippen LogP contribution < -0.4 is 5.73 Å². The van der Waals surface area contributed by atoms with Gasteiger partial charge in [-0.25, -0.2) is 0 Å². The van der Waals surface area contributed by atoms with Crippen LogP contribution in [0.5, 0.6) is 0 Å². The molecular weight excluding hydrogens is 242 g/mol. The molecule has 0 fully saturated rings. The molecule has 1 atom stereocenters. The van der Waals surface area contributed by atoms with Crippen molar-refractivity contribution < 1.29 is 0 Å². The van der Waals surface area contributed by atoms with Gasteiger partial charge >= 0.3 is 0 Å². The fourth-order valence-electron chi connectivity index (χ4n) is 1.83. The van der Waals surface area contributed by atoms with Crippen LogP contribution in [0.1, 0.15) is 17.4 Å². The Morgan fingerprint density at radius 2 is 1.95 bits per heavy atom. The minimum Gasteiger partial charge on any atom is -0.318 e. The number of para-hydroxylation sites is 1. The molecule has 0 saturated heterocycles. The number of nitrogens with zero attached hydrogens (tertiary/aromatic N) is 6. The minimum atomic E-state index is -0.391. The number of aryl methyl sites for hydroxylation is 1. The molecule has 2 heterocycles. The summed E-state index contributed by atoms with van der Waals surface area (Å²) >= 11 is 0. The van der Waals surface area contributed by atoms with E-state index in [1.54, 1.807) is 28.9 Å². The molecule has 7 nitrogen and oxygen atoms in total. The number of hydrogen-bond acceptors (Lipinski definition) is 5. The lowest BCUT2D eigenvalue weighted by atomic mass is 10.2. The fourth-order valence-corrected chi connectivity index (χ4v) is 1.83. The lowest BCUT2D eigenvalue weighted by Gasteiger charge is -2.07. The van der Waals surface area contributed by atoms with Gasteiger partial charge in [0.05, 0.1) is 29.8 Å². The van der Waals surface area contributed by atoms with Gasteiger partial charge in [-0.2, -0.15) is 15.0 Å². The van der Waals surface area contributed by atoms with Crippen LogP contribution in [0, 0.1) is 0 Å². The smallest absolute Gasteiger partial charge is 0.106 e. The number of hydrogen-bond donors (Lipinski definition) is 1. The van der Waals surface area contributed by atoms with E-state index in [9.17, 15) is 0 Å². The summed E-state index contributed by atoms with van der Waals surface area (Å²) in [6, 6.07) is 9.28. The highest BCUT2D eigenvalue weighted by Gasteiger charge is 2.17. The Hall–Kier alpha value is -2.54. The van der Waals surface area contributed by atoms with Crippen molar-refractivity contribution in [2.75, 3.05) is 0 Å². The Morgan fingerprint density at radius 3 is 2.63 bits per heavy atom. The molecular formula is C12H13N7. The van der Waals surface area contributed by atoms with Gasteiger partial charge in [-0.05, 0) is 12.1 Å². The van der Waals surface area contributed by atoms with Crippen molar-refractivity contribution >= 4 is 0 Å². The van der Waals surface area contributed by atoms with Crippen molar-refractivity contribution in [3.8, 4) is 5.69 Å². The normalized spacial score (nSPS) is 12.5. The zero-order chi connectivity index (χ0) is 13.2. The first kappa shape index (κ1) is 11.5. The Morgan fingerprint density at radius 1 is 1.16 bits per heavy atom. The van der Waals surface area contributed by atoms with Crippen LogP contribution in [0.25, 0.3) is 5.69 Å². The monoisotopic (exact) mass is 255 g/mol. The highest BCUT2D eigenvalue weighted by Crippen LogP contribution is 2.15. The average molecular weight is 255 g/mol. The van der Waals surface area contributed by atoms with E-state index in [0.29, 0.717) is 5.69 Å². The van der Waals surface area contributed by atoms with E-state index < -0.39 is 6.04 Å². The third-order valence-corrected chi connectivity index (χ3v) is 2.88. The highest BCUT2D eigenvalue weighted by atomic mass is 15.5. The molecule has 0 radical (unpaired) electrons.